The van der Waals surface area contributed by atoms with Crippen LogP contribution >= 0.6 is 0 Å². The van der Waals surface area contributed by atoms with E-state index in [0.717, 1.165) is 0 Å². The molecule has 0 bridgehead atoms. The van der Waals surface area contributed by atoms with Crippen LogP contribution in [0.2, 0.25) is 0 Å². The monoisotopic (exact) mass is 416 g/mol. The summed E-state index contributed by atoms with van der Waals surface area (Å²) in [6, 6.07) is 12.1. The maximum Gasteiger partial charge on any atom is 0.415 e. The van der Waals surface area contributed by atoms with E-state index < -0.39 is 29.1 Å². The van der Waals surface area contributed by atoms with Gasteiger partial charge in [-0.1, -0.05) is 24.3 Å². The van der Waals surface area contributed by atoms with Crippen LogP contribution in [0.1, 0.15) is 35.3 Å². The van der Waals surface area contributed by atoms with Crippen LogP contribution in [0.3, 0.4) is 0 Å². The summed E-state index contributed by atoms with van der Waals surface area (Å²) < 4.78 is 10.00. The molecule has 9 heteroatoms. The number of methoxy groups -OCH3 is 1. The number of hydrogen-bond donors (Lipinski definition) is 1. The smallest absolute Gasteiger partial charge is 0.415 e. The second-order valence-corrected chi connectivity index (χ2v) is 6.72. The number of anilines is 1. The Hall–Kier alpha value is -3.46. The van der Waals surface area contributed by atoms with Crippen molar-refractivity contribution in [2.75, 3.05) is 12.0 Å². The van der Waals surface area contributed by atoms with Crippen molar-refractivity contribution < 1.29 is 29.1 Å². The second kappa shape index (κ2) is 10.4. The first-order valence-electron chi connectivity index (χ1n) is 9.25. The van der Waals surface area contributed by atoms with Gasteiger partial charge in [-0.3, -0.25) is 15.0 Å². The van der Waals surface area contributed by atoms with Crippen molar-refractivity contribution in [3.05, 3.63) is 75.3 Å². The molecule has 0 saturated heterocycles. The molecule has 2 atom stereocenters. The van der Waals surface area contributed by atoms with Crippen molar-refractivity contribution in [2.45, 2.75) is 39.1 Å². The molecule has 1 N–H and O–H groups in total. The highest BCUT2D eigenvalue weighted by molar-refractivity contribution is 5.90. The lowest BCUT2D eigenvalue weighted by Crippen LogP contribution is -2.38. The fourth-order valence-electron chi connectivity index (χ4n) is 2.62. The molecule has 0 aliphatic carbocycles. The van der Waals surface area contributed by atoms with Gasteiger partial charge in [-0.05, 0) is 42.3 Å². The standard InChI is InChI=1S/C21H24N2O7/c1-14(23(27)28)15(2)30-21(26)22(19-6-4-5-17(11-19)13-24)12-16-7-9-18(10-8-16)20(25)29-3/h4-11,14-15,24H,12-13H2,1-3H3. The van der Waals surface area contributed by atoms with E-state index in [2.05, 4.69) is 4.74 Å². The number of ether oxygens (including phenoxy) is 2. The highest BCUT2D eigenvalue weighted by Gasteiger charge is 2.28. The molecule has 30 heavy (non-hydrogen) atoms. The minimum absolute atomic E-state index is 0.0920. The number of carbonyl (C=O) groups is 2. The average molecular weight is 416 g/mol. The average Bonchev–Trinajstić information content (AvgIpc) is 2.76. The van der Waals surface area contributed by atoms with Gasteiger partial charge in [-0.15, -0.1) is 0 Å². The minimum Gasteiger partial charge on any atom is -0.465 e. The first kappa shape index (κ1) is 22.8. The Labute approximate surface area is 174 Å². The highest BCUT2D eigenvalue weighted by Crippen LogP contribution is 2.22. The second-order valence-electron chi connectivity index (χ2n) is 6.72. The Morgan fingerprint density at radius 2 is 1.80 bits per heavy atom. The molecule has 160 valence electrons. The molecule has 0 aliphatic rings. The molecule has 2 unspecified atom stereocenters. The molecular formula is C21H24N2O7. The van der Waals surface area contributed by atoms with E-state index in [1.807, 2.05) is 0 Å². The van der Waals surface area contributed by atoms with E-state index in [9.17, 15) is 24.8 Å². The molecule has 0 fully saturated rings. The number of hydrogen-bond acceptors (Lipinski definition) is 7. The number of esters is 1. The topological polar surface area (TPSA) is 119 Å². The zero-order chi connectivity index (χ0) is 22.3. The summed E-state index contributed by atoms with van der Waals surface area (Å²) in [5.41, 5.74) is 2.12. The quantitative estimate of drug-likeness (QED) is 0.399. The fraction of sp³-hybridized carbons (Fsp3) is 0.333. The number of aliphatic hydroxyl groups excluding tert-OH is 1. The largest absolute Gasteiger partial charge is 0.465 e. The summed E-state index contributed by atoms with van der Waals surface area (Å²) in [7, 11) is 1.29. The third-order valence-corrected chi connectivity index (χ3v) is 4.64. The van der Waals surface area contributed by atoms with Crippen LogP contribution in [-0.2, 0) is 22.6 Å². The van der Waals surface area contributed by atoms with E-state index in [1.54, 1.807) is 48.5 Å². The zero-order valence-corrected chi connectivity index (χ0v) is 17.0. The number of carbonyl (C=O) groups excluding carboxylic acids is 2. The maximum atomic E-state index is 12.9. The third-order valence-electron chi connectivity index (χ3n) is 4.64. The molecule has 1 amide bonds. The van der Waals surface area contributed by atoms with Gasteiger partial charge in [0.2, 0.25) is 6.04 Å². The van der Waals surface area contributed by atoms with Crippen molar-refractivity contribution in [1.82, 2.24) is 0 Å². The van der Waals surface area contributed by atoms with E-state index in [1.165, 1.54) is 25.9 Å². The lowest BCUT2D eigenvalue weighted by Gasteiger charge is -2.25. The maximum absolute atomic E-state index is 12.9. The molecule has 2 aromatic rings. The highest BCUT2D eigenvalue weighted by atomic mass is 16.6. The molecular weight excluding hydrogens is 392 g/mol. The van der Waals surface area contributed by atoms with Crippen LogP contribution in [0.4, 0.5) is 10.5 Å². The molecule has 0 saturated carbocycles. The molecule has 0 heterocycles. The Morgan fingerprint density at radius 1 is 1.13 bits per heavy atom. The number of nitrogens with zero attached hydrogens (tertiary/aromatic N) is 2. The van der Waals surface area contributed by atoms with Gasteiger partial charge in [-0.2, -0.15) is 0 Å². The van der Waals surface area contributed by atoms with Crippen LogP contribution in [0.5, 0.6) is 0 Å². The Morgan fingerprint density at radius 3 is 2.37 bits per heavy atom. The molecule has 0 spiro atoms. The van der Waals surface area contributed by atoms with Crippen molar-refractivity contribution in [3.63, 3.8) is 0 Å². The predicted octanol–water partition coefficient (Wildman–Crippen LogP) is 3.16. The first-order chi connectivity index (χ1) is 14.3. The summed E-state index contributed by atoms with van der Waals surface area (Å²) >= 11 is 0. The SMILES string of the molecule is COC(=O)c1ccc(CN(C(=O)OC(C)C(C)[N+](=O)[O-])c2cccc(CO)c2)cc1. The van der Waals surface area contributed by atoms with Crippen molar-refractivity contribution in [3.8, 4) is 0 Å². The van der Waals surface area contributed by atoms with Gasteiger partial charge < -0.3 is 14.6 Å². The van der Waals surface area contributed by atoms with Gasteiger partial charge in [0.05, 0.1) is 25.8 Å². The number of nitro groups is 1. The summed E-state index contributed by atoms with van der Waals surface area (Å²) in [6.45, 7) is 2.70. The summed E-state index contributed by atoms with van der Waals surface area (Å²) in [6.07, 6.45) is -1.71. The Bertz CT molecular complexity index is 898. The lowest BCUT2D eigenvalue weighted by molar-refractivity contribution is -0.528. The van der Waals surface area contributed by atoms with E-state index in [4.69, 9.17) is 4.74 Å². The van der Waals surface area contributed by atoms with Crippen LogP contribution < -0.4 is 4.90 Å². The minimum atomic E-state index is -1.07. The molecule has 0 radical (unpaired) electrons. The molecule has 0 aliphatic heterocycles. The molecule has 9 nitrogen and oxygen atoms in total. The summed E-state index contributed by atoms with van der Waals surface area (Å²) in [5, 5.41) is 20.4. The Kier molecular flexibility index (Phi) is 7.88. The number of amides is 1. The number of rotatable bonds is 8. The van der Waals surface area contributed by atoms with Crippen molar-refractivity contribution in [2.24, 2.45) is 0 Å². The molecule has 0 aromatic heterocycles. The third kappa shape index (κ3) is 5.77. The van der Waals surface area contributed by atoms with Gasteiger partial charge in [0.1, 0.15) is 0 Å². The molecule has 2 aromatic carbocycles. The zero-order valence-electron chi connectivity index (χ0n) is 17.0. The van der Waals surface area contributed by atoms with Gasteiger partial charge >= 0.3 is 12.1 Å². The van der Waals surface area contributed by atoms with E-state index >= 15 is 0 Å². The lowest BCUT2D eigenvalue weighted by atomic mass is 10.1. The fourth-order valence-corrected chi connectivity index (χ4v) is 2.62. The van der Waals surface area contributed by atoms with Gasteiger partial charge in [0.25, 0.3) is 0 Å². The predicted molar refractivity (Wildman–Crippen MR) is 109 cm³/mol. The number of benzene rings is 2. The van der Waals surface area contributed by atoms with E-state index in [-0.39, 0.29) is 13.2 Å². The van der Waals surface area contributed by atoms with Crippen LogP contribution in [0, 0.1) is 10.1 Å². The van der Waals surface area contributed by atoms with Crippen molar-refractivity contribution >= 4 is 17.7 Å². The number of aliphatic hydroxyl groups is 1. The van der Waals surface area contributed by atoms with Crippen LogP contribution in [0.15, 0.2) is 48.5 Å². The summed E-state index contributed by atoms with van der Waals surface area (Å²) in [5.74, 6) is -0.476. The van der Waals surface area contributed by atoms with Crippen LogP contribution in [0.25, 0.3) is 0 Å². The molecule has 2 rings (SSSR count). The van der Waals surface area contributed by atoms with Crippen molar-refractivity contribution in [1.29, 1.82) is 0 Å². The van der Waals surface area contributed by atoms with Gasteiger partial charge in [0, 0.05) is 17.5 Å². The normalized spacial score (nSPS) is 12.5. The van der Waals surface area contributed by atoms with Crippen LogP contribution in [-0.4, -0.2) is 41.3 Å². The van der Waals surface area contributed by atoms with E-state index in [0.29, 0.717) is 22.4 Å². The summed E-state index contributed by atoms with van der Waals surface area (Å²) in [4.78, 5) is 36.2. The van der Waals surface area contributed by atoms with Gasteiger partial charge in [0.15, 0.2) is 6.10 Å². The first-order valence-corrected chi connectivity index (χ1v) is 9.25. The Balaban J connectivity index is 2.30. The van der Waals surface area contributed by atoms with Gasteiger partial charge in [-0.25, -0.2) is 9.59 Å².